The molecule has 0 aromatic heterocycles. The van der Waals surface area contributed by atoms with Crippen molar-refractivity contribution in [3.8, 4) is 5.75 Å². The second-order valence-corrected chi connectivity index (χ2v) is 9.52. The third-order valence-corrected chi connectivity index (χ3v) is 7.42. The second kappa shape index (κ2) is 7.90. The predicted molar refractivity (Wildman–Crippen MR) is 112 cm³/mol. The summed E-state index contributed by atoms with van der Waals surface area (Å²) in [6.07, 6.45) is 1.00. The Morgan fingerprint density at radius 3 is 2.73 bits per heavy atom. The van der Waals surface area contributed by atoms with Crippen LogP contribution in [-0.2, 0) is 19.6 Å². The van der Waals surface area contributed by atoms with Crippen LogP contribution in [0.1, 0.15) is 18.4 Å². The molecule has 0 bridgehead atoms. The highest BCUT2D eigenvalue weighted by atomic mass is 35.5. The zero-order valence-corrected chi connectivity index (χ0v) is 17.7. The number of nitrogens with zero attached hydrogens (tertiary/aromatic N) is 1. The Hall–Kier alpha value is -2.62. The third kappa shape index (κ3) is 3.88. The van der Waals surface area contributed by atoms with Crippen molar-refractivity contribution >= 4 is 44.8 Å². The number of amides is 2. The van der Waals surface area contributed by atoms with E-state index in [1.165, 1.54) is 10.4 Å². The summed E-state index contributed by atoms with van der Waals surface area (Å²) in [6, 6.07) is 8.78. The van der Waals surface area contributed by atoms with Gasteiger partial charge in [-0.2, -0.15) is 4.31 Å². The van der Waals surface area contributed by atoms with Gasteiger partial charge < -0.3 is 15.4 Å². The normalized spacial score (nSPS) is 19.0. The Bertz CT molecular complexity index is 1120. The molecule has 0 unspecified atom stereocenters. The quantitative estimate of drug-likeness (QED) is 0.746. The van der Waals surface area contributed by atoms with Crippen LogP contribution in [0.3, 0.4) is 0 Å². The zero-order valence-electron chi connectivity index (χ0n) is 16.1. The van der Waals surface area contributed by atoms with Gasteiger partial charge in [-0.15, -0.1) is 0 Å². The van der Waals surface area contributed by atoms with Crippen LogP contribution in [0, 0.1) is 6.92 Å². The Kier molecular flexibility index (Phi) is 5.44. The number of rotatable bonds is 4. The molecule has 0 spiro atoms. The summed E-state index contributed by atoms with van der Waals surface area (Å²) < 4.78 is 33.4. The van der Waals surface area contributed by atoms with Crippen LogP contribution >= 0.6 is 11.6 Å². The first-order chi connectivity index (χ1) is 14.3. The number of fused-ring (bicyclic) bond motifs is 1. The van der Waals surface area contributed by atoms with Crippen LogP contribution in [0.5, 0.6) is 5.75 Å². The van der Waals surface area contributed by atoms with Crippen molar-refractivity contribution in [2.24, 2.45) is 0 Å². The lowest BCUT2D eigenvalue weighted by atomic mass is 10.2. The summed E-state index contributed by atoms with van der Waals surface area (Å²) in [4.78, 5) is 24.4. The van der Waals surface area contributed by atoms with Gasteiger partial charge in [0, 0.05) is 23.3 Å². The Morgan fingerprint density at radius 1 is 1.27 bits per heavy atom. The number of hydrogen-bond donors (Lipinski definition) is 2. The van der Waals surface area contributed by atoms with E-state index in [1.807, 2.05) is 0 Å². The van der Waals surface area contributed by atoms with Gasteiger partial charge in [0.2, 0.25) is 15.9 Å². The van der Waals surface area contributed by atoms with Gasteiger partial charge in [-0.25, -0.2) is 8.42 Å². The monoisotopic (exact) mass is 449 g/mol. The number of aryl methyl sites for hydroxylation is 1. The number of carbonyl (C=O) groups excluding carboxylic acids is 2. The van der Waals surface area contributed by atoms with Crippen molar-refractivity contribution in [1.82, 2.24) is 4.31 Å². The standard InChI is InChI=1S/C20H20ClN3O5S/c1-12-9-15-17(29-11-19(25)23-15)10-18(12)30(27,28)24-8-2-3-16(24)20(26)22-14-6-4-13(21)5-7-14/h4-7,9-10,16H,2-3,8,11H2,1H3,(H,22,26)(H,23,25)/t16-/m0/s1. The highest BCUT2D eigenvalue weighted by molar-refractivity contribution is 7.89. The second-order valence-electron chi connectivity index (χ2n) is 7.22. The Balaban J connectivity index is 1.61. The average Bonchev–Trinajstić information content (AvgIpc) is 3.20. The molecule has 158 valence electrons. The van der Waals surface area contributed by atoms with Crippen LogP contribution in [0.25, 0.3) is 0 Å². The highest BCUT2D eigenvalue weighted by Gasteiger charge is 2.40. The molecule has 2 aliphatic rings. The smallest absolute Gasteiger partial charge is 0.262 e. The Morgan fingerprint density at radius 2 is 2.00 bits per heavy atom. The van der Waals surface area contributed by atoms with Gasteiger partial charge in [0.05, 0.1) is 10.6 Å². The number of nitrogens with one attached hydrogen (secondary N) is 2. The van der Waals surface area contributed by atoms with Gasteiger partial charge in [-0.05, 0) is 55.7 Å². The van der Waals surface area contributed by atoms with E-state index in [1.54, 1.807) is 37.3 Å². The van der Waals surface area contributed by atoms with Crippen LogP contribution < -0.4 is 15.4 Å². The molecule has 2 aromatic rings. The molecule has 0 saturated carbocycles. The summed E-state index contributed by atoms with van der Waals surface area (Å²) >= 11 is 5.87. The predicted octanol–water partition coefficient (Wildman–Crippen LogP) is 2.77. The lowest BCUT2D eigenvalue weighted by Gasteiger charge is -2.26. The van der Waals surface area contributed by atoms with Crippen molar-refractivity contribution in [1.29, 1.82) is 0 Å². The lowest BCUT2D eigenvalue weighted by molar-refractivity contribution is -0.119. The van der Waals surface area contributed by atoms with Crippen molar-refractivity contribution in [2.45, 2.75) is 30.7 Å². The van der Waals surface area contributed by atoms with Gasteiger partial charge in [-0.3, -0.25) is 9.59 Å². The molecule has 4 rings (SSSR count). The van der Waals surface area contributed by atoms with E-state index < -0.39 is 22.0 Å². The highest BCUT2D eigenvalue weighted by Crippen LogP contribution is 2.36. The number of anilines is 2. The Labute approximate surface area is 179 Å². The van der Waals surface area contributed by atoms with E-state index in [-0.39, 0.29) is 24.0 Å². The van der Waals surface area contributed by atoms with Crippen molar-refractivity contribution in [3.05, 3.63) is 47.0 Å². The number of ether oxygens (including phenoxy) is 1. The van der Waals surface area contributed by atoms with Gasteiger partial charge in [0.1, 0.15) is 11.8 Å². The summed E-state index contributed by atoms with van der Waals surface area (Å²) in [6.45, 7) is 1.72. The molecule has 1 saturated heterocycles. The van der Waals surface area contributed by atoms with E-state index in [0.717, 1.165) is 0 Å². The SMILES string of the molecule is Cc1cc2c(cc1S(=O)(=O)N1CCC[C@H]1C(=O)Nc1ccc(Cl)cc1)OCC(=O)N2. The molecule has 30 heavy (non-hydrogen) atoms. The summed E-state index contributed by atoms with van der Waals surface area (Å²) in [7, 11) is -3.95. The van der Waals surface area contributed by atoms with Gasteiger partial charge in [-0.1, -0.05) is 11.6 Å². The minimum Gasteiger partial charge on any atom is -0.482 e. The van der Waals surface area contributed by atoms with E-state index in [2.05, 4.69) is 10.6 Å². The molecular weight excluding hydrogens is 430 g/mol. The maximum absolute atomic E-state index is 13.4. The van der Waals surface area contributed by atoms with Gasteiger partial charge in [0.25, 0.3) is 5.91 Å². The van der Waals surface area contributed by atoms with Crippen molar-refractivity contribution < 1.29 is 22.7 Å². The minimum atomic E-state index is -3.95. The fourth-order valence-corrected chi connectivity index (χ4v) is 5.68. The summed E-state index contributed by atoms with van der Waals surface area (Å²) in [5, 5.41) is 5.96. The molecule has 1 fully saturated rings. The largest absolute Gasteiger partial charge is 0.482 e. The lowest BCUT2D eigenvalue weighted by Crippen LogP contribution is -2.43. The van der Waals surface area contributed by atoms with Gasteiger partial charge >= 0.3 is 0 Å². The topological polar surface area (TPSA) is 105 Å². The van der Waals surface area contributed by atoms with Crippen molar-refractivity contribution in [3.63, 3.8) is 0 Å². The molecule has 1 atom stereocenters. The molecule has 2 heterocycles. The minimum absolute atomic E-state index is 0.0589. The van der Waals surface area contributed by atoms with Crippen LogP contribution in [0.4, 0.5) is 11.4 Å². The maximum Gasteiger partial charge on any atom is 0.262 e. The molecule has 2 amide bonds. The molecule has 8 nitrogen and oxygen atoms in total. The third-order valence-electron chi connectivity index (χ3n) is 5.11. The maximum atomic E-state index is 13.4. The van der Waals surface area contributed by atoms with E-state index in [0.29, 0.717) is 40.6 Å². The molecular formula is C20H20ClN3O5S. The summed E-state index contributed by atoms with van der Waals surface area (Å²) in [5.41, 5.74) is 1.44. The zero-order chi connectivity index (χ0) is 21.5. The van der Waals surface area contributed by atoms with E-state index in [4.69, 9.17) is 16.3 Å². The fourth-order valence-electron chi connectivity index (χ4n) is 3.67. The number of carbonyl (C=O) groups is 2. The first kappa shape index (κ1) is 20.6. The van der Waals surface area contributed by atoms with Crippen LogP contribution in [0.2, 0.25) is 5.02 Å². The summed E-state index contributed by atoms with van der Waals surface area (Å²) in [5.74, 6) is -0.395. The van der Waals surface area contributed by atoms with E-state index in [9.17, 15) is 18.0 Å². The molecule has 2 aliphatic heterocycles. The molecule has 2 aromatic carbocycles. The molecule has 10 heteroatoms. The first-order valence-corrected chi connectivity index (χ1v) is 11.2. The molecule has 0 aliphatic carbocycles. The van der Waals surface area contributed by atoms with Gasteiger partial charge in [0.15, 0.2) is 6.61 Å². The first-order valence-electron chi connectivity index (χ1n) is 9.41. The van der Waals surface area contributed by atoms with Crippen molar-refractivity contribution in [2.75, 3.05) is 23.8 Å². The number of halogens is 1. The molecule has 2 N–H and O–H groups in total. The van der Waals surface area contributed by atoms with E-state index >= 15 is 0 Å². The fraction of sp³-hybridized carbons (Fsp3) is 0.300. The van der Waals surface area contributed by atoms with Crippen LogP contribution in [-0.4, -0.2) is 43.7 Å². The number of hydrogen-bond acceptors (Lipinski definition) is 5. The number of benzene rings is 2. The average molecular weight is 450 g/mol. The van der Waals surface area contributed by atoms with Crippen LogP contribution in [0.15, 0.2) is 41.3 Å². The number of sulfonamides is 1. The molecule has 0 radical (unpaired) electrons.